The molecule has 2 aromatic rings. The Bertz CT molecular complexity index is 692. The average molecular weight is 349 g/mol. The van der Waals surface area contributed by atoms with Crippen LogP contribution in [0.3, 0.4) is 0 Å². The van der Waals surface area contributed by atoms with Crippen molar-refractivity contribution in [3.8, 4) is 0 Å². The van der Waals surface area contributed by atoms with E-state index in [0.717, 1.165) is 13.0 Å². The minimum absolute atomic E-state index is 0.0956. The number of aromatic nitrogens is 1. The monoisotopic (exact) mass is 349 g/mol. The van der Waals surface area contributed by atoms with Crippen LogP contribution in [-0.4, -0.2) is 53.2 Å². The van der Waals surface area contributed by atoms with Gasteiger partial charge in [0.15, 0.2) is 0 Å². The van der Waals surface area contributed by atoms with Crippen LogP contribution in [0.2, 0.25) is 0 Å². The number of β-amino-alcohol motifs (C(OH)–C–C–N with tert-alkyl or cyclic N) is 1. The molecule has 0 spiro atoms. The minimum Gasteiger partial charge on any atom is -0.386 e. The van der Waals surface area contributed by atoms with Crippen molar-refractivity contribution in [2.45, 2.75) is 18.4 Å². The molecule has 1 amide bonds. The summed E-state index contributed by atoms with van der Waals surface area (Å²) in [6.45, 7) is 1.37. The molecule has 5 nitrogen and oxygen atoms in total. The topological polar surface area (TPSA) is 56.7 Å². The molecule has 3 heterocycles. The van der Waals surface area contributed by atoms with E-state index in [4.69, 9.17) is 0 Å². The van der Waals surface area contributed by atoms with E-state index in [2.05, 4.69) is 4.98 Å². The lowest BCUT2D eigenvalue weighted by atomic mass is 9.92. The molecule has 1 aliphatic heterocycles. The molecule has 128 valence electrons. The minimum atomic E-state index is -1.01. The number of nitrogens with zero attached hydrogens (tertiary/aromatic N) is 3. The Morgan fingerprint density at radius 3 is 3.00 bits per heavy atom. The van der Waals surface area contributed by atoms with Gasteiger partial charge in [-0.25, -0.2) is 9.37 Å². The molecule has 1 N–H and O–H groups in total. The van der Waals surface area contributed by atoms with Gasteiger partial charge in [-0.05, 0) is 36.4 Å². The maximum Gasteiger partial charge on any atom is 0.254 e. The number of halogens is 1. The molecule has 0 saturated carbocycles. The van der Waals surface area contributed by atoms with Crippen LogP contribution in [0.25, 0.3) is 0 Å². The van der Waals surface area contributed by atoms with Crippen molar-refractivity contribution in [2.75, 3.05) is 31.6 Å². The highest BCUT2D eigenvalue weighted by Crippen LogP contribution is 2.26. The van der Waals surface area contributed by atoms with Gasteiger partial charge in [-0.2, -0.15) is 11.3 Å². The molecule has 24 heavy (non-hydrogen) atoms. The van der Waals surface area contributed by atoms with Crippen LogP contribution in [0.5, 0.6) is 0 Å². The fourth-order valence-electron chi connectivity index (χ4n) is 3.11. The first-order valence-electron chi connectivity index (χ1n) is 7.83. The van der Waals surface area contributed by atoms with Crippen molar-refractivity contribution in [1.82, 2.24) is 9.88 Å². The number of aliphatic hydroxyl groups is 1. The van der Waals surface area contributed by atoms with Gasteiger partial charge in [0, 0.05) is 25.5 Å². The van der Waals surface area contributed by atoms with E-state index in [0.29, 0.717) is 24.3 Å². The van der Waals surface area contributed by atoms with Gasteiger partial charge >= 0.3 is 0 Å². The normalized spacial score (nSPS) is 20.9. The second-order valence-electron chi connectivity index (χ2n) is 6.26. The first-order valence-corrected chi connectivity index (χ1v) is 8.78. The summed E-state index contributed by atoms with van der Waals surface area (Å²) in [4.78, 5) is 19.9. The Hall–Kier alpha value is -1.99. The van der Waals surface area contributed by atoms with Crippen molar-refractivity contribution in [3.63, 3.8) is 0 Å². The number of pyridine rings is 1. The van der Waals surface area contributed by atoms with Crippen LogP contribution in [0.1, 0.15) is 23.2 Å². The maximum absolute atomic E-state index is 13.0. The molecule has 0 radical (unpaired) electrons. The first kappa shape index (κ1) is 16.9. The summed E-state index contributed by atoms with van der Waals surface area (Å²) in [7, 11) is 1.70. The number of hydrogen-bond acceptors (Lipinski definition) is 5. The van der Waals surface area contributed by atoms with Gasteiger partial charge in [-0.15, -0.1) is 0 Å². The Morgan fingerprint density at radius 1 is 1.50 bits per heavy atom. The molecule has 0 unspecified atom stereocenters. The van der Waals surface area contributed by atoms with Crippen molar-refractivity contribution in [3.05, 3.63) is 46.5 Å². The highest BCUT2D eigenvalue weighted by Gasteiger charge is 2.36. The summed E-state index contributed by atoms with van der Waals surface area (Å²) in [6, 6.07) is 4.76. The summed E-state index contributed by atoms with van der Waals surface area (Å²) >= 11 is 1.47. The van der Waals surface area contributed by atoms with Gasteiger partial charge in [0.25, 0.3) is 5.91 Å². The summed E-state index contributed by atoms with van der Waals surface area (Å²) in [5.41, 5.74) is -0.367. The number of carbonyl (C=O) groups excluding carboxylic acids is 1. The molecule has 0 aromatic carbocycles. The number of thiophene rings is 1. The van der Waals surface area contributed by atoms with Crippen LogP contribution in [0.4, 0.5) is 10.2 Å². The number of anilines is 1. The predicted octanol–water partition coefficient (Wildman–Crippen LogP) is 2.39. The first-order chi connectivity index (χ1) is 11.5. The summed E-state index contributed by atoms with van der Waals surface area (Å²) in [6.07, 6.45) is 2.58. The molecular weight excluding hydrogens is 329 g/mol. The lowest BCUT2D eigenvalue weighted by Crippen LogP contribution is -2.54. The summed E-state index contributed by atoms with van der Waals surface area (Å²) in [5.74, 6) is 0.162. The van der Waals surface area contributed by atoms with Gasteiger partial charge in [0.1, 0.15) is 11.6 Å². The number of rotatable bonds is 4. The Morgan fingerprint density at radius 2 is 2.33 bits per heavy atom. The zero-order chi connectivity index (χ0) is 17.2. The lowest BCUT2D eigenvalue weighted by Gasteiger charge is -2.41. The maximum atomic E-state index is 13.0. The summed E-state index contributed by atoms with van der Waals surface area (Å²) < 4.78 is 13.0. The number of amides is 1. The van der Waals surface area contributed by atoms with Crippen LogP contribution in [-0.2, 0) is 0 Å². The fraction of sp³-hybridized carbons (Fsp3) is 0.412. The van der Waals surface area contributed by atoms with E-state index in [1.54, 1.807) is 29.5 Å². The van der Waals surface area contributed by atoms with Crippen LogP contribution in [0.15, 0.2) is 35.2 Å². The van der Waals surface area contributed by atoms with Crippen LogP contribution < -0.4 is 4.90 Å². The number of likely N-dealkylation sites (N-methyl/N-ethyl adjacent to an activating group) is 1. The predicted molar refractivity (Wildman–Crippen MR) is 91.9 cm³/mol. The molecule has 0 bridgehead atoms. The van der Waals surface area contributed by atoms with Crippen molar-refractivity contribution < 1.29 is 14.3 Å². The smallest absolute Gasteiger partial charge is 0.254 e. The van der Waals surface area contributed by atoms with E-state index in [-0.39, 0.29) is 18.3 Å². The van der Waals surface area contributed by atoms with Crippen LogP contribution in [0, 0.1) is 5.82 Å². The SMILES string of the molecule is CN(C[C@@]1(O)CCCN(c2ccc(F)cn2)C1)C(=O)c1ccsc1. The van der Waals surface area contributed by atoms with Gasteiger partial charge in [0.05, 0.1) is 23.9 Å². The van der Waals surface area contributed by atoms with Gasteiger partial charge in [-0.1, -0.05) is 0 Å². The highest BCUT2D eigenvalue weighted by molar-refractivity contribution is 7.08. The fourth-order valence-corrected chi connectivity index (χ4v) is 3.74. The molecule has 2 aromatic heterocycles. The number of piperidine rings is 1. The van der Waals surface area contributed by atoms with E-state index in [1.165, 1.54) is 23.6 Å². The molecule has 3 rings (SSSR count). The second-order valence-corrected chi connectivity index (χ2v) is 7.04. The van der Waals surface area contributed by atoms with Crippen LogP contribution >= 0.6 is 11.3 Å². The highest BCUT2D eigenvalue weighted by atomic mass is 32.1. The third-order valence-corrected chi connectivity index (χ3v) is 4.92. The van der Waals surface area contributed by atoms with Crippen molar-refractivity contribution in [1.29, 1.82) is 0 Å². The number of carbonyl (C=O) groups is 1. The van der Waals surface area contributed by atoms with Crippen molar-refractivity contribution >= 4 is 23.1 Å². The lowest BCUT2D eigenvalue weighted by molar-refractivity contribution is -0.000120. The zero-order valence-electron chi connectivity index (χ0n) is 13.5. The Kier molecular flexibility index (Phi) is 4.82. The van der Waals surface area contributed by atoms with E-state index in [1.807, 2.05) is 10.3 Å². The molecule has 1 atom stereocenters. The average Bonchev–Trinajstić information content (AvgIpc) is 3.08. The largest absolute Gasteiger partial charge is 0.386 e. The van der Waals surface area contributed by atoms with Gasteiger partial charge in [-0.3, -0.25) is 4.79 Å². The number of hydrogen-bond donors (Lipinski definition) is 1. The third-order valence-electron chi connectivity index (χ3n) is 4.24. The van der Waals surface area contributed by atoms with Crippen molar-refractivity contribution in [2.24, 2.45) is 0 Å². The quantitative estimate of drug-likeness (QED) is 0.921. The third kappa shape index (κ3) is 3.73. The van der Waals surface area contributed by atoms with Gasteiger partial charge < -0.3 is 14.9 Å². The molecule has 1 aliphatic rings. The molecule has 0 aliphatic carbocycles. The van der Waals surface area contributed by atoms with Gasteiger partial charge in [0.2, 0.25) is 0 Å². The van der Waals surface area contributed by atoms with E-state index < -0.39 is 5.60 Å². The molecule has 7 heteroatoms. The second kappa shape index (κ2) is 6.86. The Labute approximate surface area is 144 Å². The standard InChI is InChI=1S/C17H20FN3O2S/c1-20(16(22)13-5-8-24-10-13)11-17(23)6-2-7-21(12-17)15-4-3-14(18)9-19-15/h3-5,8-10,23H,2,6-7,11-12H2,1H3/t17-/m0/s1. The Balaban J connectivity index is 1.68. The molecule has 1 fully saturated rings. The zero-order valence-corrected chi connectivity index (χ0v) is 14.3. The van der Waals surface area contributed by atoms with E-state index in [9.17, 15) is 14.3 Å². The summed E-state index contributed by atoms with van der Waals surface area (Å²) in [5, 5.41) is 14.6. The van der Waals surface area contributed by atoms with E-state index >= 15 is 0 Å². The molecule has 1 saturated heterocycles. The molecular formula is C17H20FN3O2S.